The highest BCUT2D eigenvalue weighted by atomic mass is 79.9. The van der Waals surface area contributed by atoms with Gasteiger partial charge in [0.25, 0.3) is 0 Å². The summed E-state index contributed by atoms with van der Waals surface area (Å²) in [6.45, 7) is 2.01. The molecule has 0 bridgehead atoms. The predicted molar refractivity (Wildman–Crippen MR) is 65.5 cm³/mol. The number of alkyl halides is 1. The zero-order valence-electron chi connectivity index (χ0n) is 9.28. The van der Waals surface area contributed by atoms with Crippen molar-refractivity contribution in [2.45, 2.75) is 6.92 Å². The van der Waals surface area contributed by atoms with Crippen molar-refractivity contribution in [3.63, 3.8) is 0 Å². The van der Waals surface area contributed by atoms with Crippen molar-refractivity contribution in [2.24, 2.45) is 0 Å². The molecule has 0 N–H and O–H groups in total. The van der Waals surface area contributed by atoms with E-state index < -0.39 is 11.8 Å². The highest BCUT2D eigenvalue weighted by Gasteiger charge is 2.05. The molecule has 0 amide bonds. The normalized spacial score (nSPS) is 11.1. The molecule has 0 atom stereocenters. The van der Waals surface area contributed by atoms with Gasteiger partial charge in [0.05, 0.1) is 18.0 Å². The third-order valence-electron chi connectivity index (χ3n) is 1.74. The van der Waals surface area contributed by atoms with E-state index in [1.165, 1.54) is 24.3 Å². The molecule has 0 unspecified atom stereocenters. The Labute approximate surface area is 107 Å². The summed E-state index contributed by atoms with van der Waals surface area (Å²) in [6.07, 6.45) is 1.23. The van der Waals surface area contributed by atoms with Gasteiger partial charge in [-0.3, -0.25) is 0 Å². The largest absolute Gasteiger partial charge is 0.463 e. The quantitative estimate of drug-likeness (QED) is 0.363. The summed E-state index contributed by atoms with van der Waals surface area (Å²) < 4.78 is 23.0. The lowest BCUT2D eigenvalue weighted by Crippen LogP contribution is -2.05. The number of rotatable bonds is 5. The Morgan fingerprint density at radius 2 is 2.29 bits per heavy atom. The highest BCUT2D eigenvalue weighted by molar-refractivity contribution is 9.09. The van der Waals surface area contributed by atoms with E-state index >= 15 is 0 Å². The van der Waals surface area contributed by atoms with Crippen molar-refractivity contribution in [1.29, 1.82) is 0 Å². The SMILES string of the molecule is CCOC(=O)C=C(CBr)Oc1cccc(F)c1. The van der Waals surface area contributed by atoms with Crippen LogP contribution in [0.4, 0.5) is 4.39 Å². The third kappa shape index (κ3) is 4.99. The second-order valence-corrected chi connectivity index (χ2v) is 3.62. The van der Waals surface area contributed by atoms with Crippen LogP contribution in [-0.4, -0.2) is 17.9 Å². The standard InChI is InChI=1S/C12H12BrFO3/c1-2-16-12(15)7-11(8-13)17-10-5-3-4-9(14)6-10/h3-7H,2,8H2,1H3. The predicted octanol–water partition coefficient (Wildman–Crippen LogP) is 3.05. The monoisotopic (exact) mass is 302 g/mol. The number of halogens is 2. The Morgan fingerprint density at radius 3 is 2.88 bits per heavy atom. The van der Waals surface area contributed by atoms with Gasteiger partial charge in [0.15, 0.2) is 0 Å². The lowest BCUT2D eigenvalue weighted by Gasteiger charge is -2.07. The lowest BCUT2D eigenvalue weighted by molar-refractivity contribution is -0.137. The lowest BCUT2D eigenvalue weighted by atomic mass is 10.3. The molecule has 0 heterocycles. The minimum absolute atomic E-state index is 0.296. The summed E-state index contributed by atoms with van der Waals surface area (Å²) in [4.78, 5) is 11.2. The zero-order valence-corrected chi connectivity index (χ0v) is 10.9. The van der Waals surface area contributed by atoms with Crippen molar-refractivity contribution in [2.75, 3.05) is 11.9 Å². The minimum atomic E-state index is -0.488. The number of hydrogen-bond donors (Lipinski definition) is 0. The third-order valence-corrected chi connectivity index (χ3v) is 2.29. The highest BCUT2D eigenvalue weighted by Crippen LogP contribution is 2.16. The summed E-state index contributed by atoms with van der Waals surface area (Å²) >= 11 is 3.18. The summed E-state index contributed by atoms with van der Waals surface area (Å²) in [7, 11) is 0. The van der Waals surface area contributed by atoms with Crippen LogP contribution in [0.3, 0.4) is 0 Å². The number of hydrogen-bond acceptors (Lipinski definition) is 3. The van der Waals surface area contributed by atoms with E-state index in [0.717, 1.165) is 0 Å². The Bertz CT molecular complexity index is 418. The molecule has 1 aromatic rings. The second kappa shape index (κ2) is 7.06. The molecule has 0 saturated carbocycles. The molecular formula is C12H12BrFO3. The second-order valence-electron chi connectivity index (χ2n) is 3.06. The van der Waals surface area contributed by atoms with Crippen LogP contribution < -0.4 is 4.74 Å². The van der Waals surface area contributed by atoms with Crippen molar-refractivity contribution in [3.8, 4) is 5.75 Å². The van der Waals surface area contributed by atoms with Crippen LogP contribution in [0.1, 0.15) is 6.92 Å². The molecule has 0 fully saturated rings. The van der Waals surface area contributed by atoms with Crippen LogP contribution in [0.15, 0.2) is 36.1 Å². The van der Waals surface area contributed by atoms with Gasteiger partial charge in [-0.1, -0.05) is 22.0 Å². The Hall–Kier alpha value is -1.36. The first kappa shape index (κ1) is 13.7. The number of allylic oxidation sites excluding steroid dienone is 1. The first-order chi connectivity index (χ1) is 8.15. The van der Waals surface area contributed by atoms with Gasteiger partial charge < -0.3 is 9.47 Å². The summed E-state index contributed by atoms with van der Waals surface area (Å²) in [6, 6.07) is 5.68. The number of benzene rings is 1. The molecule has 1 aromatic carbocycles. The van der Waals surface area contributed by atoms with Gasteiger partial charge in [0.1, 0.15) is 17.3 Å². The van der Waals surface area contributed by atoms with Crippen LogP contribution >= 0.6 is 15.9 Å². The smallest absolute Gasteiger partial charge is 0.334 e. The van der Waals surface area contributed by atoms with Crippen LogP contribution in [0, 0.1) is 5.82 Å². The van der Waals surface area contributed by atoms with E-state index in [4.69, 9.17) is 9.47 Å². The minimum Gasteiger partial charge on any atom is -0.463 e. The molecule has 5 heteroatoms. The average molecular weight is 303 g/mol. The maximum absolute atomic E-state index is 12.9. The fourth-order valence-corrected chi connectivity index (χ4v) is 1.37. The molecule has 0 radical (unpaired) electrons. The summed E-state index contributed by atoms with van der Waals surface area (Å²) in [5.41, 5.74) is 0. The van der Waals surface area contributed by atoms with Crippen LogP contribution in [0.25, 0.3) is 0 Å². The van der Waals surface area contributed by atoms with E-state index in [1.54, 1.807) is 13.0 Å². The van der Waals surface area contributed by atoms with Gasteiger partial charge in [0, 0.05) is 6.07 Å². The van der Waals surface area contributed by atoms with E-state index in [1.807, 2.05) is 0 Å². The summed E-state index contributed by atoms with van der Waals surface area (Å²) in [5.74, 6) is -0.194. The molecule has 3 nitrogen and oxygen atoms in total. The van der Waals surface area contributed by atoms with Crippen LogP contribution in [0.2, 0.25) is 0 Å². The van der Waals surface area contributed by atoms with Gasteiger partial charge in [-0.15, -0.1) is 0 Å². The molecule has 17 heavy (non-hydrogen) atoms. The van der Waals surface area contributed by atoms with Gasteiger partial charge in [-0.2, -0.15) is 0 Å². The first-order valence-electron chi connectivity index (χ1n) is 5.02. The van der Waals surface area contributed by atoms with Gasteiger partial charge in [-0.05, 0) is 19.1 Å². The number of carbonyl (C=O) groups excluding carboxylic acids is 1. The van der Waals surface area contributed by atoms with Crippen LogP contribution in [-0.2, 0) is 9.53 Å². The van der Waals surface area contributed by atoms with Gasteiger partial charge >= 0.3 is 5.97 Å². The number of esters is 1. The molecule has 0 saturated heterocycles. The molecule has 0 aliphatic heterocycles. The maximum atomic E-state index is 12.9. The fraction of sp³-hybridized carbons (Fsp3) is 0.250. The van der Waals surface area contributed by atoms with E-state index in [9.17, 15) is 9.18 Å². The Kier molecular flexibility index (Phi) is 5.69. The molecule has 1 rings (SSSR count). The van der Waals surface area contributed by atoms with E-state index in [-0.39, 0.29) is 0 Å². The fourth-order valence-electron chi connectivity index (χ4n) is 1.09. The van der Waals surface area contributed by atoms with Crippen molar-refractivity contribution >= 4 is 21.9 Å². The number of carbonyl (C=O) groups is 1. The zero-order chi connectivity index (χ0) is 12.7. The maximum Gasteiger partial charge on any atom is 0.334 e. The van der Waals surface area contributed by atoms with E-state index in [2.05, 4.69) is 15.9 Å². The van der Waals surface area contributed by atoms with E-state index in [0.29, 0.717) is 23.4 Å². The van der Waals surface area contributed by atoms with Gasteiger partial charge in [-0.25, -0.2) is 9.18 Å². The topological polar surface area (TPSA) is 35.5 Å². The van der Waals surface area contributed by atoms with Crippen molar-refractivity contribution in [1.82, 2.24) is 0 Å². The van der Waals surface area contributed by atoms with Crippen molar-refractivity contribution in [3.05, 3.63) is 41.9 Å². The molecule has 0 aromatic heterocycles. The summed E-state index contributed by atoms with van der Waals surface area (Å²) in [5, 5.41) is 0.336. The molecule has 0 aliphatic rings. The molecule has 0 aliphatic carbocycles. The molecular weight excluding hydrogens is 291 g/mol. The Balaban J connectivity index is 2.73. The van der Waals surface area contributed by atoms with Crippen molar-refractivity contribution < 1.29 is 18.7 Å². The van der Waals surface area contributed by atoms with Gasteiger partial charge in [0.2, 0.25) is 0 Å². The van der Waals surface area contributed by atoms with Crippen LogP contribution in [0.5, 0.6) is 5.75 Å². The number of ether oxygens (including phenoxy) is 2. The molecule has 0 spiro atoms. The first-order valence-corrected chi connectivity index (χ1v) is 6.14. The Morgan fingerprint density at radius 1 is 1.53 bits per heavy atom. The molecule has 92 valence electrons. The average Bonchev–Trinajstić information content (AvgIpc) is 2.28.